The predicted molar refractivity (Wildman–Crippen MR) is 114 cm³/mol. The predicted octanol–water partition coefficient (Wildman–Crippen LogP) is 7.81. The van der Waals surface area contributed by atoms with Gasteiger partial charge in [0.1, 0.15) is 0 Å². The maximum atomic E-state index is 2.33. The van der Waals surface area contributed by atoms with Crippen LogP contribution in [0.1, 0.15) is 83.3 Å². The van der Waals surface area contributed by atoms with Gasteiger partial charge in [0, 0.05) is 19.5 Å². The standard InChI is InChI=1S/C22H32S2/c1-13-15(3)19(21(5,6)7)23-17(13)11-12-18-14(2)16(4)20(24-18)22(8,9)10/h11-12H,1-10H3/b12-11+. The Labute approximate surface area is 156 Å². The lowest BCUT2D eigenvalue weighted by atomic mass is 9.90. The van der Waals surface area contributed by atoms with E-state index in [4.69, 9.17) is 0 Å². The van der Waals surface area contributed by atoms with Crippen LogP contribution in [0, 0.1) is 27.7 Å². The van der Waals surface area contributed by atoms with Crippen molar-refractivity contribution in [1.29, 1.82) is 0 Å². The lowest BCUT2D eigenvalue weighted by molar-refractivity contribution is 0.599. The molecule has 132 valence electrons. The van der Waals surface area contributed by atoms with Crippen LogP contribution in [0.2, 0.25) is 0 Å². The van der Waals surface area contributed by atoms with Gasteiger partial charge in [-0.05, 0) is 72.9 Å². The topological polar surface area (TPSA) is 0 Å². The van der Waals surface area contributed by atoms with Gasteiger partial charge in [-0.1, -0.05) is 41.5 Å². The highest BCUT2D eigenvalue weighted by molar-refractivity contribution is 7.14. The molecule has 0 nitrogen and oxygen atoms in total. The van der Waals surface area contributed by atoms with E-state index in [1.54, 1.807) is 0 Å². The van der Waals surface area contributed by atoms with Crippen LogP contribution in [0.15, 0.2) is 0 Å². The lowest BCUT2D eigenvalue weighted by Gasteiger charge is -2.17. The van der Waals surface area contributed by atoms with Crippen molar-refractivity contribution in [2.75, 3.05) is 0 Å². The van der Waals surface area contributed by atoms with E-state index in [1.165, 1.54) is 41.8 Å². The summed E-state index contributed by atoms with van der Waals surface area (Å²) in [6.45, 7) is 22.9. The first-order valence-corrected chi connectivity index (χ1v) is 10.4. The van der Waals surface area contributed by atoms with Crippen molar-refractivity contribution >= 4 is 34.8 Å². The van der Waals surface area contributed by atoms with E-state index >= 15 is 0 Å². The van der Waals surface area contributed by atoms with Crippen molar-refractivity contribution in [3.05, 3.63) is 41.8 Å². The van der Waals surface area contributed by atoms with E-state index < -0.39 is 0 Å². The van der Waals surface area contributed by atoms with Crippen LogP contribution in [-0.4, -0.2) is 0 Å². The molecule has 0 fully saturated rings. The Balaban J connectivity index is 2.43. The van der Waals surface area contributed by atoms with Crippen LogP contribution in [0.3, 0.4) is 0 Å². The normalized spacial score (nSPS) is 13.2. The first kappa shape index (κ1) is 19.5. The number of thiophene rings is 2. The van der Waals surface area contributed by atoms with Gasteiger partial charge in [-0.2, -0.15) is 0 Å². The largest absolute Gasteiger partial charge is 0.140 e. The summed E-state index contributed by atoms with van der Waals surface area (Å²) in [4.78, 5) is 5.82. The molecule has 0 spiro atoms. The molecule has 0 aromatic carbocycles. The molecule has 0 aliphatic carbocycles. The summed E-state index contributed by atoms with van der Waals surface area (Å²) in [5.41, 5.74) is 6.23. The fraction of sp³-hybridized carbons (Fsp3) is 0.545. The Morgan fingerprint density at radius 3 is 1.04 bits per heavy atom. The highest BCUT2D eigenvalue weighted by Crippen LogP contribution is 2.39. The monoisotopic (exact) mass is 360 g/mol. The molecule has 24 heavy (non-hydrogen) atoms. The minimum atomic E-state index is 0.223. The fourth-order valence-corrected chi connectivity index (χ4v) is 5.69. The highest BCUT2D eigenvalue weighted by atomic mass is 32.1. The maximum absolute atomic E-state index is 2.33. The summed E-state index contributed by atoms with van der Waals surface area (Å²) in [5.74, 6) is 0. The Bertz CT molecular complexity index is 702. The molecule has 2 aromatic heterocycles. The molecule has 0 unspecified atom stereocenters. The van der Waals surface area contributed by atoms with E-state index in [-0.39, 0.29) is 10.8 Å². The molecule has 0 aliphatic heterocycles. The van der Waals surface area contributed by atoms with Gasteiger partial charge in [0.15, 0.2) is 0 Å². The third kappa shape index (κ3) is 3.70. The van der Waals surface area contributed by atoms with Gasteiger partial charge < -0.3 is 0 Å². The molecule has 2 heteroatoms. The Hall–Kier alpha value is -0.860. The van der Waals surface area contributed by atoms with Gasteiger partial charge in [0.25, 0.3) is 0 Å². The van der Waals surface area contributed by atoms with Crippen molar-refractivity contribution in [3.63, 3.8) is 0 Å². The summed E-state index contributed by atoms with van der Waals surface area (Å²) < 4.78 is 0. The Morgan fingerprint density at radius 1 is 0.542 bits per heavy atom. The van der Waals surface area contributed by atoms with E-state index in [0.717, 1.165) is 0 Å². The molecule has 0 N–H and O–H groups in total. The Kier molecular flexibility index (Phi) is 5.24. The molecular weight excluding hydrogens is 328 g/mol. The highest BCUT2D eigenvalue weighted by Gasteiger charge is 2.23. The van der Waals surface area contributed by atoms with Crippen LogP contribution in [0.4, 0.5) is 0 Å². The average molecular weight is 361 g/mol. The fourth-order valence-electron chi connectivity index (χ4n) is 3.14. The van der Waals surface area contributed by atoms with E-state index in [9.17, 15) is 0 Å². The second-order valence-electron chi connectivity index (χ2n) is 8.92. The summed E-state index contributed by atoms with van der Waals surface area (Å²) in [5, 5.41) is 0. The van der Waals surface area contributed by atoms with E-state index in [2.05, 4.69) is 81.4 Å². The van der Waals surface area contributed by atoms with Crippen molar-refractivity contribution in [2.45, 2.75) is 80.1 Å². The third-order valence-corrected chi connectivity index (χ3v) is 8.29. The number of rotatable bonds is 2. The van der Waals surface area contributed by atoms with Crippen LogP contribution >= 0.6 is 22.7 Å². The quantitative estimate of drug-likeness (QED) is 0.512. The van der Waals surface area contributed by atoms with Crippen LogP contribution in [0.25, 0.3) is 12.2 Å². The van der Waals surface area contributed by atoms with Crippen LogP contribution in [0.5, 0.6) is 0 Å². The smallest absolute Gasteiger partial charge is 0.0305 e. The summed E-state index contributed by atoms with van der Waals surface area (Å²) >= 11 is 3.91. The van der Waals surface area contributed by atoms with Crippen molar-refractivity contribution in [3.8, 4) is 0 Å². The first-order chi connectivity index (χ1) is 10.8. The zero-order valence-corrected chi connectivity index (χ0v) is 18.6. The molecule has 0 saturated carbocycles. The SMILES string of the molecule is Cc1c(/C=C/c2sc(C(C)(C)C)c(C)c2C)sc(C(C)(C)C)c1C. The van der Waals surface area contributed by atoms with Gasteiger partial charge in [0.05, 0.1) is 0 Å². The van der Waals surface area contributed by atoms with Crippen LogP contribution in [-0.2, 0) is 10.8 Å². The van der Waals surface area contributed by atoms with Crippen LogP contribution < -0.4 is 0 Å². The number of hydrogen-bond acceptors (Lipinski definition) is 2. The lowest BCUT2D eigenvalue weighted by Crippen LogP contribution is -2.10. The van der Waals surface area contributed by atoms with E-state index in [1.807, 2.05) is 22.7 Å². The first-order valence-electron chi connectivity index (χ1n) is 8.73. The second-order valence-corrected chi connectivity index (χ2v) is 11.0. The summed E-state index contributed by atoms with van der Waals surface area (Å²) in [6, 6.07) is 0. The Morgan fingerprint density at radius 2 is 0.833 bits per heavy atom. The molecule has 2 aromatic rings. The molecule has 0 bridgehead atoms. The average Bonchev–Trinajstić information content (AvgIpc) is 2.88. The summed E-state index contributed by atoms with van der Waals surface area (Å²) in [6.07, 6.45) is 4.65. The third-order valence-electron chi connectivity index (χ3n) is 4.72. The van der Waals surface area contributed by atoms with E-state index in [0.29, 0.717) is 0 Å². The zero-order chi connectivity index (χ0) is 18.4. The summed E-state index contributed by atoms with van der Waals surface area (Å²) in [7, 11) is 0. The van der Waals surface area contributed by atoms with Crippen molar-refractivity contribution in [2.24, 2.45) is 0 Å². The molecule has 0 radical (unpaired) electrons. The molecule has 0 aliphatic rings. The van der Waals surface area contributed by atoms with Gasteiger partial charge >= 0.3 is 0 Å². The molecule has 2 heterocycles. The molecule has 0 atom stereocenters. The minimum absolute atomic E-state index is 0.223. The van der Waals surface area contributed by atoms with Crippen molar-refractivity contribution in [1.82, 2.24) is 0 Å². The molecule has 0 saturated heterocycles. The maximum Gasteiger partial charge on any atom is 0.0305 e. The molecule has 2 rings (SSSR count). The number of hydrogen-bond donors (Lipinski definition) is 0. The minimum Gasteiger partial charge on any atom is -0.140 e. The van der Waals surface area contributed by atoms with Gasteiger partial charge in [-0.3, -0.25) is 0 Å². The molecule has 0 amide bonds. The van der Waals surface area contributed by atoms with Gasteiger partial charge in [0.2, 0.25) is 0 Å². The zero-order valence-electron chi connectivity index (χ0n) is 17.0. The van der Waals surface area contributed by atoms with Gasteiger partial charge in [-0.15, -0.1) is 22.7 Å². The van der Waals surface area contributed by atoms with Gasteiger partial charge in [-0.25, -0.2) is 0 Å². The molecular formula is C22H32S2. The second kappa shape index (κ2) is 6.46. The van der Waals surface area contributed by atoms with Crippen molar-refractivity contribution < 1.29 is 0 Å².